The Labute approximate surface area is 152 Å². The van der Waals surface area contributed by atoms with Gasteiger partial charge in [0.15, 0.2) is 5.78 Å². The summed E-state index contributed by atoms with van der Waals surface area (Å²) in [4.78, 5) is 12.7. The highest BCUT2D eigenvalue weighted by molar-refractivity contribution is 9.10. The van der Waals surface area contributed by atoms with Gasteiger partial charge in [-0.15, -0.1) is 0 Å². The number of carbonyl (C=O) groups is 1. The van der Waals surface area contributed by atoms with Crippen molar-refractivity contribution in [2.24, 2.45) is 0 Å². The van der Waals surface area contributed by atoms with Crippen LogP contribution in [-0.4, -0.2) is 19.0 Å². The highest BCUT2D eigenvalue weighted by Crippen LogP contribution is 2.22. The van der Waals surface area contributed by atoms with Crippen molar-refractivity contribution in [3.8, 4) is 0 Å². The summed E-state index contributed by atoms with van der Waals surface area (Å²) in [5.41, 5.74) is 3.32. The van der Waals surface area contributed by atoms with E-state index in [0.29, 0.717) is 24.4 Å². The number of rotatable bonds is 2. The molecule has 0 saturated carbocycles. The molecule has 1 fully saturated rings. The first-order chi connectivity index (χ1) is 11.1. The number of halogens is 2. The second kappa shape index (κ2) is 7.39. The smallest absolute Gasteiger partial charge is 0.189 e. The molecule has 0 unspecified atom stereocenters. The maximum Gasteiger partial charge on any atom is 0.189 e. The summed E-state index contributed by atoms with van der Waals surface area (Å²) in [5.74, 6) is 0.0520. The van der Waals surface area contributed by atoms with Gasteiger partial charge < -0.3 is 4.74 Å². The van der Waals surface area contributed by atoms with Crippen LogP contribution >= 0.6 is 31.9 Å². The minimum Gasteiger partial charge on any atom is -0.372 e. The zero-order valence-corrected chi connectivity index (χ0v) is 15.4. The van der Waals surface area contributed by atoms with Gasteiger partial charge >= 0.3 is 0 Å². The molecule has 1 aliphatic heterocycles. The van der Waals surface area contributed by atoms with Crippen LogP contribution in [0.1, 0.15) is 11.1 Å². The van der Waals surface area contributed by atoms with Crippen molar-refractivity contribution in [1.82, 2.24) is 0 Å². The SMILES string of the molecule is O=C1/C(=C\c2cccc(Br)c2)COC/C1=C\c1cccc(Br)c1. The molecular weight excluding hydrogens is 420 g/mol. The van der Waals surface area contributed by atoms with E-state index in [1.807, 2.05) is 60.7 Å². The lowest BCUT2D eigenvalue weighted by atomic mass is 9.98. The van der Waals surface area contributed by atoms with Crippen LogP contribution in [0.5, 0.6) is 0 Å². The molecule has 0 N–H and O–H groups in total. The van der Waals surface area contributed by atoms with Crippen LogP contribution in [0.25, 0.3) is 12.2 Å². The normalized spacial score (nSPS) is 18.6. The van der Waals surface area contributed by atoms with Crippen LogP contribution in [0.3, 0.4) is 0 Å². The third-order valence-corrected chi connectivity index (χ3v) is 4.46. The monoisotopic (exact) mass is 432 g/mol. The third-order valence-electron chi connectivity index (χ3n) is 3.48. The molecule has 0 amide bonds. The number of benzene rings is 2. The molecule has 1 aliphatic rings. The van der Waals surface area contributed by atoms with Gasteiger partial charge in [0.25, 0.3) is 0 Å². The van der Waals surface area contributed by atoms with E-state index in [1.165, 1.54) is 0 Å². The predicted molar refractivity (Wildman–Crippen MR) is 100 cm³/mol. The lowest BCUT2D eigenvalue weighted by Crippen LogP contribution is -2.21. The molecule has 3 rings (SSSR count). The molecule has 1 saturated heterocycles. The fourth-order valence-corrected chi connectivity index (χ4v) is 3.25. The van der Waals surface area contributed by atoms with Crippen LogP contribution in [0.4, 0.5) is 0 Å². The fourth-order valence-electron chi connectivity index (χ4n) is 2.42. The second-order valence-electron chi connectivity index (χ2n) is 5.27. The maximum absolute atomic E-state index is 12.7. The van der Waals surface area contributed by atoms with Gasteiger partial charge in [0.2, 0.25) is 0 Å². The van der Waals surface area contributed by atoms with E-state index < -0.39 is 0 Å². The Morgan fingerprint density at radius 1 is 0.826 bits per heavy atom. The van der Waals surface area contributed by atoms with E-state index in [2.05, 4.69) is 31.9 Å². The number of ketones is 1. The van der Waals surface area contributed by atoms with Gasteiger partial charge in [-0.05, 0) is 47.5 Å². The van der Waals surface area contributed by atoms with Crippen molar-refractivity contribution in [2.75, 3.05) is 13.2 Å². The molecule has 0 bridgehead atoms. The van der Waals surface area contributed by atoms with E-state index >= 15 is 0 Å². The summed E-state index contributed by atoms with van der Waals surface area (Å²) < 4.78 is 7.56. The van der Waals surface area contributed by atoms with Gasteiger partial charge in [0.1, 0.15) is 0 Å². The fraction of sp³-hybridized carbons (Fsp3) is 0.105. The van der Waals surface area contributed by atoms with Gasteiger partial charge in [-0.2, -0.15) is 0 Å². The Morgan fingerprint density at radius 3 is 1.74 bits per heavy atom. The van der Waals surface area contributed by atoms with Crippen molar-refractivity contribution in [1.29, 1.82) is 0 Å². The highest BCUT2D eigenvalue weighted by Gasteiger charge is 2.21. The number of Topliss-reactive ketones (excluding diaryl/α,β-unsaturated/α-hetero) is 1. The first-order valence-corrected chi connectivity index (χ1v) is 8.75. The topological polar surface area (TPSA) is 26.3 Å². The van der Waals surface area contributed by atoms with Crippen LogP contribution < -0.4 is 0 Å². The molecule has 2 aromatic carbocycles. The van der Waals surface area contributed by atoms with Crippen LogP contribution in [0.2, 0.25) is 0 Å². The molecule has 0 aliphatic carbocycles. The number of carbonyl (C=O) groups excluding carboxylic acids is 1. The Balaban J connectivity index is 1.89. The first kappa shape index (κ1) is 16.4. The summed E-state index contributed by atoms with van der Waals surface area (Å²) in [7, 11) is 0. The van der Waals surface area contributed by atoms with Crippen LogP contribution in [0.15, 0.2) is 68.6 Å². The molecule has 0 atom stereocenters. The molecule has 0 radical (unpaired) electrons. The summed E-state index contributed by atoms with van der Waals surface area (Å²) in [6.45, 7) is 0.697. The lowest BCUT2D eigenvalue weighted by molar-refractivity contribution is -0.114. The standard InChI is InChI=1S/C19H14Br2O2/c20-17-5-1-3-13(9-17)7-15-11-23-12-16(19(15)22)8-14-4-2-6-18(21)10-14/h1-10H,11-12H2/b15-7-,16-8+. The average molecular weight is 434 g/mol. The van der Waals surface area contributed by atoms with Gasteiger partial charge in [-0.3, -0.25) is 4.79 Å². The predicted octanol–water partition coefficient (Wildman–Crippen LogP) is 5.28. The van der Waals surface area contributed by atoms with Gasteiger partial charge in [-0.25, -0.2) is 0 Å². The summed E-state index contributed by atoms with van der Waals surface area (Å²) in [6, 6.07) is 15.7. The molecule has 1 heterocycles. The Kier molecular flexibility index (Phi) is 5.26. The van der Waals surface area contributed by atoms with Crippen molar-refractivity contribution in [3.05, 3.63) is 79.7 Å². The van der Waals surface area contributed by atoms with Crippen molar-refractivity contribution >= 4 is 49.8 Å². The van der Waals surface area contributed by atoms with Gasteiger partial charge in [0.05, 0.1) is 13.2 Å². The largest absolute Gasteiger partial charge is 0.372 e. The van der Waals surface area contributed by atoms with E-state index in [9.17, 15) is 4.79 Å². The number of hydrogen-bond acceptors (Lipinski definition) is 2. The van der Waals surface area contributed by atoms with Crippen molar-refractivity contribution in [2.45, 2.75) is 0 Å². The minimum absolute atomic E-state index is 0.0520. The van der Waals surface area contributed by atoms with Crippen LogP contribution in [-0.2, 0) is 9.53 Å². The molecule has 0 aromatic heterocycles. The summed E-state index contributed by atoms with van der Waals surface area (Å²) >= 11 is 6.89. The minimum atomic E-state index is 0.0520. The molecule has 23 heavy (non-hydrogen) atoms. The Bertz CT molecular complexity index is 741. The molecule has 116 valence electrons. The summed E-state index contributed by atoms with van der Waals surface area (Å²) in [5, 5.41) is 0. The highest BCUT2D eigenvalue weighted by atomic mass is 79.9. The number of hydrogen-bond donors (Lipinski definition) is 0. The molecule has 0 spiro atoms. The average Bonchev–Trinajstić information content (AvgIpc) is 2.51. The van der Waals surface area contributed by atoms with E-state index in [1.54, 1.807) is 0 Å². The maximum atomic E-state index is 12.7. The van der Waals surface area contributed by atoms with Gasteiger partial charge in [0, 0.05) is 20.1 Å². The second-order valence-corrected chi connectivity index (χ2v) is 7.10. The lowest BCUT2D eigenvalue weighted by Gasteiger charge is -2.17. The molecule has 4 heteroatoms. The molecular formula is C19H14Br2O2. The first-order valence-electron chi connectivity index (χ1n) is 7.16. The zero-order valence-electron chi connectivity index (χ0n) is 12.3. The van der Waals surface area contributed by atoms with Crippen molar-refractivity contribution < 1.29 is 9.53 Å². The Morgan fingerprint density at radius 2 is 1.30 bits per heavy atom. The third kappa shape index (κ3) is 4.28. The summed E-state index contributed by atoms with van der Waals surface area (Å²) in [6.07, 6.45) is 3.78. The molecule has 2 nitrogen and oxygen atoms in total. The van der Waals surface area contributed by atoms with Gasteiger partial charge in [-0.1, -0.05) is 56.1 Å². The quantitative estimate of drug-likeness (QED) is 0.602. The number of ether oxygens (including phenoxy) is 1. The molecule has 2 aromatic rings. The van der Waals surface area contributed by atoms with E-state index in [4.69, 9.17) is 4.74 Å². The van der Waals surface area contributed by atoms with Crippen LogP contribution in [0, 0.1) is 0 Å². The van der Waals surface area contributed by atoms with E-state index in [0.717, 1.165) is 20.1 Å². The van der Waals surface area contributed by atoms with Crippen molar-refractivity contribution in [3.63, 3.8) is 0 Å². The zero-order chi connectivity index (χ0) is 16.2. The Hall–Kier alpha value is -1.49. The van der Waals surface area contributed by atoms with E-state index in [-0.39, 0.29) is 5.78 Å².